The molecule has 1 N–H and O–H groups in total. The van der Waals surface area contributed by atoms with Gasteiger partial charge in [-0.1, -0.05) is 28.1 Å². The van der Waals surface area contributed by atoms with Gasteiger partial charge in [0.1, 0.15) is 5.82 Å². The van der Waals surface area contributed by atoms with Gasteiger partial charge in [-0.15, -0.1) is 12.3 Å². The molecule has 3 heteroatoms. The third kappa shape index (κ3) is 2.17. The van der Waals surface area contributed by atoms with E-state index < -0.39 is 0 Å². The first-order chi connectivity index (χ1) is 7.83. The van der Waals surface area contributed by atoms with Crippen LogP contribution < -0.4 is 5.32 Å². The topological polar surface area (TPSA) is 24.9 Å². The number of halogens is 1. The Hall–Kier alpha value is -1.53. The zero-order valence-electron chi connectivity index (χ0n) is 8.70. The molecule has 0 atom stereocenters. The number of aromatic nitrogens is 1. The summed E-state index contributed by atoms with van der Waals surface area (Å²) in [6, 6.07) is 8.06. The number of rotatable bonds is 3. The molecule has 0 fully saturated rings. The second kappa shape index (κ2) is 5.00. The van der Waals surface area contributed by atoms with Crippen LogP contribution in [0.2, 0.25) is 0 Å². The molecule has 0 unspecified atom stereocenters. The maximum atomic E-state index is 5.21. The van der Waals surface area contributed by atoms with E-state index in [1.54, 1.807) is 6.20 Å². The highest BCUT2D eigenvalue weighted by Crippen LogP contribution is 2.27. The Morgan fingerprint density at radius 3 is 3.00 bits per heavy atom. The van der Waals surface area contributed by atoms with Crippen molar-refractivity contribution in [2.45, 2.75) is 6.42 Å². The Labute approximate surface area is 103 Å². The molecule has 0 aliphatic heterocycles. The number of nitrogens with zero attached hydrogens (tertiary/aromatic N) is 1. The van der Waals surface area contributed by atoms with Crippen LogP contribution in [0.1, 0.15) is 6.42 Å². The second-order valence-corrected chi connectivity index (χ2v) is 4.23. The van der Waals surface area contributed by atoms with Crippen molar-refractivity contribution in [2.75, 3.05) is 11.9 Å². The second-order valence-electron chi connectivity index (χ2n) is 3.38. The number of hydrogen-bond acceptors (Lipinski definition) is 2. The molecule has 16 heavy (non-hydrogen) atoms. The molecule has 0 saturated heterocycles. The maximum Gasteiger partial charge on any atom is 0.133 e. The van der Waals surface area contributed by atoms with Crippen LogP contribution in [0.15, 0.2) is 34.9 Å². The van der Waals surface area contributed by atoms with Crippen molar-refractivity contribution in [1.29, 1.82) is 0 Å². The number of anilines is 1. The van der Waals surface area contributed by atoms with Crippen LogP contribution in [-0.2, 0) is 0 Å². The van der Waals surface area contributed by atoms with E-state index >= 15 is 0 Å². The molecule has 1 aromatic heterocycles. The Bertz CT molecular complexity index is 543. The van der Waals surface area contributed by atoms with Crippen molar-refractivity contribution in [3.63, 3.8) is 0 Å². The van der Waals surface area contributed by atoms with Crippen LogP contribution in [0.4, 0.5) is 5.82 Å². The summed E-state index contributed by atoms with van der Waals surface area (Å²) in [4.78, 5) is 4.32. The highest BCUT2D eigenvalue weighted by molar-refractivity contribution is 9.10. The van der Waals surface area contributed by atoms with E-state index in [0.29, 0.717) is 6.42 Å². The average molecular weight is 275 g/mol. The molecule has 0 saturated carbocycles. The zero-order chi connectivity index (χ0) is 11.4. The highest BCUT2D eigenvalue weighted by atomic mass is 79.9. The standard InChI is InChI=1S/C13H11BrN2/c1-2-3-8-15-13-11-5-4-6-12(14)10(11)7-9-16-13/h1,4-7,9H,3,8H2,(H,15,16). The minimum absolute atomic E-state index is 0.700. The Balaban J connectivity index is 2.39. The molecule has 2 rings (SSSR count). The average Bonchev–Trinajstić information content (AvgIpc) is 2.31. The molecule has 0 aliphatic rings. The van der Waals surface area contributed by atoms with Crippen molar-refractivity contribution < 1.29 is 0 Å². The van der Waals surface area contributed by atoms with Gasteiger partial charge in [-0.05, 0) is 12.1 Å². The van der Waals surface area contributed by atoms with Crippen molar-refractivity contribution in [1.82, 2.24) is 4.98 Å². The lowest BCUT2D eigenvalue weighted by Gasteiger charge is -2.08. The lowest BCUT2D eigenvalue weighted by Crippen LogP contribution is -2.02. The van der Waals surface area contributed by atoms with Gasteiger partial charge in [0, 0.05) is 34.4 Å². The molecule has 0 spiro atoms. The minimum atomic E-state index is 0.700. The summed E-state index contributed by atoms with van der Waals surface area (Å²) in [6.45, 7) is 0.745. The van der Waals surface area contributed by atoms with E-state index in [4.69, 9.17) is 6.42 Å². The number of hydrogen-bond donors (Lipinski definition) is 1. The smallest absolute Gasteiger partial charge is 0.133 e. The van der Waals surface area contributed by atoms with Crippen molar-refractivity contribution >= 4 is 32.5 Å². The van der Waals surface area contributed by atoms with Gasteiger partial charge in [0.25, 0.3) is 0 Å². The van der Waals surface area contributed by atoms with Gasteiger partial charge in [0.05, 0.1) is 0 Å². The predicted molar refractivity (Wildman–Crippen MR) is 71.4 cm³/mol. The summed E-state index contributed by atoms with van der Waals surface area (Å²) in [6.07, 6.45) is 7.71. The first kappa shape index (κ1) is 11.0. The largest absolute Gasteiger partial charge is 0.369 e. The monoisotopic (exact) mass is 274 g/mol. The normalized spacial score (nSPS) is 10.0. The molecular weight excluding hydrogens is 264 g/mol. The number of benzene rings is 1. The lowest BCUT2D eigenvalue weighted by atomic mass is 10.1. The van der Waals surface area contributed by atoms with Crippen molar-refractivity contribution in [3.8, 4) is 12.3 Å². The Kier molecular flexibility index (Phi) is 3.43. The third-order valence-corrected chi connectivity index (χ3v) is 3.01. The fraction of sp³-hybridized carbons (Fsp3) is 0.154. The molecule has 2 nitrogen and oxygen atoms in total. The highest BCUT2D eigenvalue weighted by Gasteiger charge is 2.03. The van der Waals surface area contributed by atoms with Crippen LogP contribution in [0, 0.1) is 12.3 Å². The van der Waals surface area contributed by atoms with E-state index in [9.17, 15) is 0 Å². The first-order valence-electron chi connectivity index (χ1n) is 5.03. The van der Waals surface area contributed by atoms with E-state index in [1.165, 1.54) is 0 Å². The summed E-state index contributed by atoms with van der Waals surface area (Å²) >= 11 is 3.52. The lowest BCUT2D eigenvalue weighted by molar-refractivity contribution is 1.08. The summed E-state index contributed by atoms with van der Waals surface area (Å²) in [5, 5.41) is 5.50. The molecule has 2 aromatic rings. The Morgan fingerprint density at radius 2 is 2.19 bits per heavy atom. The van der Waals surface area contributed by atoms with Crippen LogP contribution in [0.3, 0.4) is 0 Å². The van der Waals surface area contributed by atoms with Gasteiger partial charge in [0.2, 0.25) is 0 Å². The van der Waals surface area contributed by atoms with Gasteiger partial charge >= 0.3 is 0 Å². The molecular formula is C13H11BrN2. The number of pyridine rings is 1. The van der Waals surface area contributed by atoms with Gasteiger partial charge < -0.3 is 5.32 Å². The van der Waals surface area contributed by atoms with Gasteiger partial charge in [0.15, 0.2) is 0 Å². The van der Waals surface area contributed by atoms with Gasteiger partial charge in [-0.3, -0.25) is 0 Å². The fourth-order valence-corrected chi connectivity index (χ4v) is 2.06. The summed E-state index contributed by atoms with van der Waals surface area (Å²) in [7, 11) is 0. The predicted octanol–water partition coefficient (Wildman–Crippen LogP) is 3.43. The zero-order valence-corrected chi connectivity index (χ0v) is 10.3. The van der Waals surface area contributed by atoms with E-state index in [1.807, 2.05) is 24.3 Å². The van der Waals surface area contributed by atoms with Crippen LogP contribution in [0.25, 0.3) is 10.8 Å². The van der Waals surface area contributed by atoms with Crippen molar-refractivity contribution in [3.05, 3.63) is 34.9 Å². The van der Waals surface area contributed by atoms with Gasteiger partial charge in [-0.25, -0.2) is 4.98 Å². The maximum absolute atomic E-state index is 5.21. The Morgan fingerprint density at radius 1 is 1.31 bits per heavy atom. The van der Waals surface area contributed by atoms with Crippen molar-refractivity contribution in [2.24, 2.45) is 0 Å². The van der Waals surface area contributed by atoms with Crippen LogP contribution >= 0.6 is 15.9 Å². The van der Waals surface area contributed by atoms with E-state index in [-0.39, 0.29) is 0 Å². The minimum Gasteiger partial charge on any atom is -0.369 e. The third-order valence-electron chi connectivity index (χ3n) is 2.31. The fourth-order valence-electron chi connectivity index (χ4n) is 1.56. The molecule has 80 valence electrons. The summed E-state index contributed by atoms with van der Waals surface area (Å²) < 4.78 is 1.08. The van der Waals surface area contributed by atoms with Crippen LogP contribution in [-0.4, -0.2) is 11.5 Å². The molecule has 1 aromatic carbocycles. The van der Waals surface area contributed by atoms with Crippen LogP contribution in [0.5, 0.6) is 0 Å². The number of terminal acetylenes is 1. The first-order valence-corrected chi connectivity index (χ1v) is 5.83. The molecule has 0 aliphatic carbocycles. The van der Waals surface area contributed by atoms with Gasteiger partial charge in [-0.2, -0.15) is 0 Å². The van der Waals surface area contributed by atoms with E-state index in [2.05, 4.69) is 32.2 Å². The molecule has 0 amide bonds. The summed E-state index contributed by atoms with van der Waals surface area (Å²) in [5.74, 6) is 3.48. The number of nitrogens with one attached hydrogen (secondary N) is 1. The summed E-state index contributed by atoms with van der Waals surface area (Å²) in [5.41, 5.74) is 0. The number of fused-ring (bicyclic) bond motifs is 1. The quantitative estimate of drug-likeness (QED) is 0.685. The molecule has 0 bridgehead atoms. The van der Waals surface area contributed by atoms with E-state index in [0.717, 1.165) is 27.6 Å². The molecule has 0 radical (unpaired) electrons. The SMILES string of the molecule is C#CCCNc1nccc2c(Br)cccc12. The molecule has 1 heterocycles.